The summed E-state index contributed by atoms with van der Waals surface area (Å²) in [6.45, 7) is 2.51. The first-order chi connectivity index (χ1) is 9.78. The molecule has 2 heterocycles. The second-order valence-corrected chi connectivity index (χ2v) is 4.65. The Morgan fingerprint density at radius 2 is 1.90 bits per heavy atom. The Balaban J connectivity index is 2.08. The maximum absolute atomic E-state index is 5.17. The van der Waals surface area contributed by atoms with Crippen molar-refractivity contribution in [2.75, 3.05) is 7.11 Å². The molecule has 0 amide bonds. The highest BCUT2D eigenvalue weighted by molar-refractivity contribution is 5.79. The van der Waals surface area contributed by atoms with Gasteiger partial charge in [0, 0.05) is 18.7 Å². The minimum absolute atomic E-state index is 0.493. The van der Waals surface area contributed by atoms with Crippen LogP contribution in [0, 0.1) is 6.92 Å². The average molecular weight is 265 g/mol. The Labute approximate surface area is 117 Å². The molecule has 0 saturated carbocycles. The lowest BCUT2D eigenvalue weighted by molar-refractivity contribution is 0.181. The van der Waals surface area contributed by atoms with Crippen LogP contribution in [-0.2, 0) is 11.3 Å². The Kier molecular flexibility index (Phi) is 3.39. The molecule has 0 radical (unpaired) electrons. The lowest BCUT2D eigenvalue weighted by Crippen LogP contribution is -1.99. The van der Waals surface area contributed by atoms with E-state index in [9.17, 15) is 0 Å². The summed E-state index contributed by atoms with van der Waals surface area (Å²) in [5.41, 5.74) is 3.72. The van der Waals surface area contributed by atoms with Crippen molar-refractivity contribution in [3.8, 4) is 11.5 Å². The van der Waals surface area contributed by atoms with Crippen LogP contribution >= 0.6 is 0 Å². The zero-order chi connectivity index (χ0) is 13.9. The normalized spacial score (nSPS) is 10.9. The maximum atomic E-state index is 5.17. The average Bonchev–Trinajstić information content (AvgIpc) is 2.49. The first kappa shape index (κ1) is 12.7. The smallest absolute Gasteiger partial charge is 0.178 e. The van der Waals surface area contributed by atoms with Crippen molar-refractivity contribution >= 4 is 10.9 Å². The van der Waals surface area contributed by atoms with Crippen molar-refractivity contribution in [3.63, 3.8) is 0 Å². The number of para-hydroxylation sites is 1. The van der Waals surface area contributed by atoms with Gasteiger partial charge in [0.05, 0.1) is 17.8 Å². The molecule has 3 aromatic rings. The largest absolute Gasteiger partial charge is 0.378 e. The number of aryl methyl sites for hydroxylation is 1. The van der Waals surface area contributed by atoms with Crippen LogP contribution in [0.15, 0.2) is 42.6 Å². The summed E-state index contributed by atoms with van der Waals surface area (Å²) >= 11 is 0. The molecule has 100 valence electrons. The lowest BCUT2D eigenvalue weighted by atomic mass is 10.2. The van der Waals surface area contributed by atoms with Gasteiger partial charge < -0.3 is 4.74 Å². The second-order valence-electron chi connectivity index (χ2n) is 4.65. The molecule has 0 bridgehead atoms. The molecule has 4 heteroatoms. The Morgan fingerprint density at radius 3 is 2.75 bits per heavy atom. The number of benzene rings is 1. The Morgan fingerprint density at radius 1 is 1.05 bits per heavy atom. The van der Waals surface area contributed by atoms with Crippen molar-refractivity contribution < 1.29 is 4.74 Å². The summed E-state index contributed by atoms with van der Waals surface area (Å²) in [6.07, 6.45) is 1.83. The van der Waals surface area contributed by atoms with Crippen LogP contribution in [-0.4, -0.2) is 22.1 Å². The van der Waals surface area contributed by atoms with Crippen LogP contribution in [0.5, 0.6) is 0 Å². The van der Waals surface area contributed by atoms with E-state index in [0.29, 0.717) is 12.4 Å². The minimum Gasteiger partial charge on any atom is -0.378 e. The number of methoxy groups -OCH3 is 1. The molecule has 0 spiro atoms. The highest BCUT2D eigenvalue weighted by Crippen LogP contribution is 2.18. The molecule has 0 aliphatic heterocycles. The number of ether oxygens (including phenoxy) is 1. The van der Waals surface area contributed by atoms with Gasteiger partial charge in [-0.1, -0.05) is 24.3 Å². The van der Waals surface area contributed by atoms with Gasteiger partial charge in [0.2, 0.25) is 0 Å². The number of hydrogen-bond donors (Lipinski definition) is 0. The van der Waals surface area contributed by atoms with Crippen molar-refractivity contribution in [3.05, 3.63) is 53.9 Å². The number of aromatic nitrogens is 3. The molecule has 4 nitrogen and oxygen atoms in total. The third kappa shape index (κ3) is 2.38. The second kappa shape index (κ2) is 5.35. The molecule has 20 heavy (non-hydrogen) atoms. The summed E-state index contributed by atoms with van der Waals surface area (Å²) in [7, 11) is 1.67. The van der Waals surface area contributed by atoms with Crippen molar-refractivity contribution in [1.29, 1.82) is 0 Å². The van der Waals surface area contributed by atoms with Crippen LogP contribution in [0.1, 0.15) is 11.3 Å². The standard InChI is InChI=1S/C16H15N3O/c1-11-7-8-14(18-15(11)10-20-2)16-17-9-12-5-3-4-6-13(12)19-16/h3-9H,10H2,1-2H3. The van der Waals surface area contributed by atoms with Crippen LogP contribution in [0.4, 0.5) is 0 Å². The van der Waals surface area contributed by atoms with E-state index in [1.165, 1.54) is 0 Å². The Hall–Kier alpha value is -2.33. The minimum atomic E-state index is 0.493. The van der Waals surface area contributed by atoms with Crippen molar-refractivity contribution in [1.82, 2.24) is 15.0 Å². The molecule has 0 saturated heterocycles. The zero-order valence-corrected chi connectivity index (χ0v) is 11.5. The van der Waals surface area contributed by atoms with Gasteiger partial charge in [0.25, 0.3) is 0 Å². The summed E-state index contributed by atoms with van der Waals surface area (Å²) in [4.78, 5) is 13.5. The van der Waals surface area contributed by atoms with E-state index in [0.717, 1.165) is 27.9 Å². The fourth-order valence-corrected chi connectivity index (χ4v) is 2.07. The van der Waals surface area contributed by atoms with E-state index in [1.54, 1.807) is 7.11 Å². The molecule has 3 rings (SSSR count). The maximum Gasteiger partial charge on any atom is 0.178 e. The third-order valence-corrected chi connectivity index (χ3v) is 3.20. The van der Waals surface area contributed by atoms with Crippen molar-refractivity contribution in [2.45, 2.75) is 13.5 Å². The monoisotopic (exact) mass is 265 g/mol. The topological polar surface area (TPSA) is 47.9 Å². The summed E-state index contributed by atoms with van der Waals surface area (Å²) < 4.78 is 5.17. The van der Waals surface area contributed by atoms with Gasteiger partial charge in [0.1, 0.15) is 5.69 Å². The van der Waals surface area contributed by atoms with E-state index in [2.05, 4.69) is 15.0 Å². The van der Waals surface area contributed by atoms with Gasteiger partial charge in [-0.2, -0.15) is 0 Å². The van der Waals surface area contributed by atoms with Crippen LogP contribution < -0.4 is 0 Å². The molecule has 2 aromatic heterocycles. The van der Waals surface area contributed by atoms with Gasteiger partial charge >= 0.3 is 0 Å². The summed E-state index contributed by atoms with van der Waals surface area (Å²) in [6, 6.07) is 11.9. The van der Waals surface area contributed by atoms with Crippen LogP contribution in [0.25, 0.3) is 22.4 Å². The first-order valence-electron chi connectivity index (χ1n) is 6.45. The molecule has 0 fully saturated rings. The van der Waals surface area contributed by atoms with E-state index in [1.807, 2.05) is 49.5 Å². The fourth-order valence-electron chi connectivity index (χ4n) is 2.07. The summed E-state index contributed by atoms with van der Waals surface area (Å²) in [5.74, 6) is 0.640. The number of pyridine rings is 1. The number of nitrogens with zero attached hydrogens (tertiary/aromatic N) is 3. The SMILES string of the molecule is COCc1nc(-c2ncc3ccccc3n2)ccc1C. The first-order valence-corrected chi connectivity index (χ1v) is 6.45. The molecule has 0 N–H and O–H groups in total. The van der Waals surface area contributed by atoms with Gasteiger partial charge in [-0.05, 0) is 24.6 Å². The molecule has 1 aromatic carbocycles. The molecule has 0 atom stereocenters. The quantitative estimate of drug-likeness (QED) is 0.730. The molecule has 0 unspecified atom stereocenters. The van der Waals surface area contributed by atoms with Gasteiger partial charge in [-0.25, -0.2) is 15.0 Å². The molecule has 0 aliphatic carbocycles. The number of fused-ring (bicyclic) bond motifs is 1. The predicted molar refractivity (Wildman–Crippen MR) is 78.2 cm³/mol. The fraction of sp³-hybridized carbons (Fsp3) is 0.188. The van der Waals surface area contributed by atoms with E-state index < -0.39 is 0 Å². The number of hydrogen-bond acceptors (Lipinski definition) is 4. The van der Waals surface area contributed by atoms with E-state index in [-0.39, 0.29) is 0 Å². The van der Waals surface area contributed by atoms with Gasteiger partial charge in [-0.15, -0.1) is 0 Å². The highest BCUT2D eigenvalue weighted by Gasteiger charge is 2.07. The van der Waals surface area contributed by atoms with Crippen molar-refractivity contribution in [2.24, 2.45) is 0 Å². The van der Waals surface area contributed by atoms with Crippen LogP contribution in [0.3, 0.4) is 0 Å². The number of rotatable bonds is 3. The molecular weight excluding hydrogens is 250 g/mol. The van der Waals surface area contributed by atoms with Gasteiger partial charge in [-0.3, -0.25) is 0 Å². The van der Waals surface area contributed by atoms with E-state index in [4.69, 9.17) is 4.74 Å². The van der Waals surface area contributed by atoms with Crippen LogP contribution in [0.2, 0.25) is 0 Å². The molecular formula is C16H15N3O. The predicted octanol–water partition coefficient (Wildman–Crippen LogP) is 3.15. The third-order valence-electron chi connectivity index (χ3n) is 3.20. The zero-order valence-electron chi connectivity index (χ0n) is 11.5. The van der Waals surface area contributed by atoms with E-state index >= 15 is 0 Å². The Bertz CT molecular complexity index is 756. The van der Waals surface area contributed by atoms with Gasteiger partial charge in [0.15, 0.2) is 5.82 Å². The molecule has 0 aliphatic rings. The summed E-state index contributed by atoms with van der Waals surface area (Å²) in [5, 5.41) is 1.03. The lowest BCUT2D eigenvalue weighted by Gasteiger charge is -2.07. The highest BCUT2D eigenvalue weighted by atomic mass is 16.5.